The van der Waals surface area contributed by atoms with E-state index in [-0.39, 0.29) is 0 Å². The summed E-state index contributed by atoms with van der Waals surface area (Å²) in [6.45, 7) is 5.40. The lowest BCUT2D eigenvalue weighted by Crippen LogP contribution is -2.04. The molecule has 0 fully saturated rings. The Morgan fingerprint density at radius 1 is 0.900 bits per heavy atom. The number of hydrogen-bond donors (Lipinski definition) is 1. The molecule has 0 aliphatic carbocycles. The van der Waals surface area contributed by atoms with Crippen LogP contribution >= 0.6 is 11.8 Å². The van der Waals surface area contributed by atoms with Gasteiger partial charge in [-0.15, -0.1) is 11.8 Å². The van der Waals surface area contributed by atoms with Crippen LogP contribution < -0.4 is 5.32 Å². The summed E-state index contributed by atoms with van der Waals surface area (Å²) >= 11 is 1.89. The Morgan fingerprint density at radius 2 is 1.50 bits per heavy atom. The molecule has 0 radical (unpaired) electrons. The van der Waals surface area contributed by atoms with E-state index in [4.69, 9.17) is 0 Å². The summed E-state index contributed by atoms with van der Waals surface area (Å²) in [6, 6.07) is 17.8. The van der Waals surface area contributed by atoms with Gasteiger partial charge >= 0.3 is 0 Å². The molecule has 0 spiro atoms. The van der Waals surface area contributed by atoms with Crippen LogP contribution in [0.25, 0.3) is 0 Å². The van der Waals surface area contributed by atoms with Gasteiger partial charge in [-0.25, -0.2) is 0 Å². The monoisotopic (exact) mass is 285 g/mol. The molecule has 0 bridgehead atoms. The van der Waals surface area contributed by atoms with E-state index in [0.29, 0.717) is 5.92 Å². The average molecular weight is 285 g/mol. The minimum atomic E-state index is 0.608. The van der Waals surface area contributed by atoms with Crippen LogP contribution in [0.5, 0.6) is 0 Å². The Morgan fingerprint density at radius 3 is 2.05 bits per heavy atom. The van der Waals surface area contributed by atoms with Crippen LogP contribution in [0.3, 0.4) is 0 Å². The molecule has 0 aliphatic rings. The van der Waals surface area contributed by atoms with Crippen molar-refractivity contribution in [2.45, 2.75) is 37.0 Å². The fraction of sp³-hybridized carbons (Fsp3) is 0.333. The third-order valence-electron chi connectivity index (χ3n) is 3.36. The number of rotatable bonds is 6. The minimum absolute atomic E-state index is 0.608. The van der Waals surface area contributed by atoms with Crippen LogP contribution in [0.4, 0.5) is 0 Å². The van der Waals surface area contributed by atoms with Crippen LogP contribution in [0.15, 0.2) is 53.4 Å². The highest BCUT2D eigenvalue weighted by Gasteiger charge is 2.00. The molecule has 0 atom stereocenters. The van der Waals surface area contributed by atoms with Gasteiger partial charge in [-0.3, -0.25) is 0 Å². The summed E-state index contributed by atoms with van der Waals surface area (Å²) in [5.74, 6) is 1.64. The molecule has 0 saturated carbocycles. The first-order chi connectivity index (χ1) is 9.69. The SMILES string of the molecule is CNCc1ccc(SCc2ccc(C(C)C)cc2)cc1. The predicted octanol–water partition coefficient (Wildman–Crippen LogP) is 4.82. The van der Waals surface area contributed by atoms with E-state index in [1.807, 2.05) is 18.8 Å². The van der Waals surface area contributed by atoms with Crippen molar-refractivity contribution in [1.82, 2.24) is 5.32 Å². The zero-order valence-corrected chi connectivity index (χ0v) is 13.3. The number of thioether (sulfide) groups is 1. The molecule has 1 nitrogen and oxygen atoms in total. The molecule has 0 aromatic heterocycles. The molecular weight excluding hydrogens is 262 g/mol. The Labute approximate surface area is 126 Å². The van der Waals surface area contributed by atoms with Gasteiger partial charge in [0, 0.05) is 17.2 Å². The van der Waals surface area contributed by atoms with E-state index in [2.05, 4.69) is 67.7 Å². The molecule has 0 heterocycles. The minimum Gasteiger partial charge on any atom is -0.316 e. The highest BCUT2D eigenvalue weighted by atomic mass is 32.2. The Kier molecular flexibility index (Phi) is 5.69. The maximum absolute atomic E-state index is 3.17. The maximum Gasteiger partial charge on any atom is 0.0231 e. The van der Waals surface area contributed by atoms with Crippen LogP contribution in [0, 0.1) is 0 Å². The van der Waals surface area contributed by atoms with Crippen molar-refractivity contribution in [2.75, 3.05) is 7.05 Å². The summed E-state index contributed by atoms with van der Waals surface area (Å²) < 4.78 is 0. The van der Waals surface area contributed by atoms with E-state index in [1.54, 1.807) is 0 Å². The molecule has 2 rings (SSSR count). The predicted molar refractivity (Wildman–Crippen MR) is 89.3 cm³/mol. The van der Waals surface area contributed by atoms with Gasteiger partial charge in [-0.2, -0.15) is 0 Å². The van der Waals surface area contributed by atoms with Crippen molar-refractivity contribution in [2.24, 2.45) is 0 Å². The summed E-state index contributed by atoms with van der Waals surface area (Å²) in [7, 11) is 1.98. The molecule has 0 aliphatic heterocycles. The molecule has 0 saturated heterocycles. The van der Waals surface area contributed by atoms with E-state index in [0.717, 1.165) is 12.3 Å². The molecular formula is C18H23NS. The Bertz CT molecular complexity index is 514. The maximum atomic E-state index is 3.17. The van der Waals surface area contributed by atoms with Gasteiger partial charge in [0.25, 0.3) is 0 Å². The molecule has 20 heavy (non-hydrogen) atoms. The summed E-state index contributed by atoms with van der Waals surface area (Å²) in [6.07, 6.45) is 0. The molecule has 2 heteroatoms. The lowest BCUT2D eigenvalue weighted by atomic mass is 10.0. The lowest BCUT2D eigenvalue weighted by molar-refractivity contribution is 0.817. The second-order valence-corrected chi connectivity index (χ2v) is 6.41. The van der Waals surface area contributed by atoms with Gasteiger partial charge in [0.05, 0.1) is 0 Å². The zero-order valence-electron chi connectivity index (χ0n) is 12.5. The van der Waals surface area contributed by atoms with E-state index >= 15 is 0 Å². The zero-order chi connectivity index (χ0) is 14.4. The van der Waals surface area contributed by atoms with Gasteiger partial charge in [0.2, 0.25) is 0 Å². The first-order valence-electron chi connectivity index (χ1n) is 7.14. The van der Waals surface area contributed by atoms with Gasteiger partial charge in [0.1, 0.15) is 0 Å². The summed E-state index contributed by atoms with van der Waals surface area (Å²) in [5, 5.41) is 3.17. The van der Waals surface area contributed by atoms with Crippen LogP contribution in [0.2, 0.25) is 0 Å². The Hall–Kier alpha value is -1.25. The fourth-order valence-electron chi connectivity index (χ4n) is 2.07. The topological polar surface area (TPSA) is 12.0 Å². The summed E-state index contributed by atoms with van der Waals surface area (Å²) in [4.78, 5) is 1.33. The second-order valence-electron chi connectivity index (χ2n) is 5.36. The van der Waals surface area contributed by atoms with Crippen LogP contribution in [-0.4, -0.2) is 7.05 Å². The first-order valence-corrected chi connectivity index (χ1v) is 8.13. The molecule has 0 unspecified atom stereocenters. The quantitative estimate of drug-likeness (QED) is 0.764. The average Bonchev–Trinajstić information content (AvgIpc) is 2.47. The van der Waals surface area contributed by atoms with Crippen LogP contribution in [0.1, 0.15) is 36.5 Å². The first kappa shape index (κ1) is 15.1. The third kappa shape index (κ3) is 4.39. The second kappa shape index (κ2) is 7.51. The smallest absolute Gasteiger partial charge is 0.0231 e. The lowest BCUT2D eigenvalue weighted by Gasteiger charge is -2.07. The fourth-order valence-corrected chi connectivity index (χ4v) is 2.93. The number of nitrogens with one attached hydrogen (secondary N) is 1. The van der Waals surface area contributed by atoms with Gasteiger partial charge in [-0.1, -0.05) is 50.2 Å². The van der Waals surface area contributed by atoms with Crippen molar-refractivity contribution < 1.29 is 0 Å². The van der Waals surface area contributed by atoms with E-state index < -0.39 is 0 Å². The van der Waals surface area contributed by atoms with Crippen molar-refractivity contribution in [3.8, 4) is 0 Å². The van der Waals surface area contributed by atoms with Crippen molar-refractivity contribution in [3.05, 3.63) is 65.2 Å². The van der Waals surface area contributed by atoms with E-state index in [1.165, 1.54) is 21.6 Å². The molecule has 2 aromatic carbocycles. The molecule has 2 aromatic rings. The van der Waals surface area contributed by atoms with Crippen molar-refractivity contribution in [3.63, 3.8) is 0 Å². The van der Waals surface area contributed by atoms with Gasteiger partial charge in [-0.05, 0) is 41.8 Å². The standard InChI is InChI=1S/C18H23NS/c1-14(2)17-8-4-16(5-9-17)13-20-18-10-6-15(7-11-18)12-19-3/h4-11,14,19H,12-13H2,1-3H3. The van der Waals surface area contributed by atoms with Crippen molar-refractivity contribution >= 4 is 11.8 Å². The third-order valence-corrected chi connectivity index (χ3v) is 4.44. The highest BCUT2D eigenvalue weighted by Crippen LogP contribution is 2.24. The van der Waals surface area contributed by atoms with E-state index in [9.17, 15) is 0 Å². The number of hydrogen-bond acceptors (Lipinski definition) is 2. The molecule has 1 N–H and O–H groups in total. The van der Waals surface area contributed by atoms with Gasteiger partial charge < -0.3 is 5.32 Å². The molecule has 106 valence electrons. The largest absolute Gasteiger partial charge is 0.316 e. The van der Waals surface area contributed by atoms with Crippen molar-refractivity contribution in [1.29, 1.82) is 0 Å². The summed E-state index contributed by atoms with van der Waals surface area (Å²) in [5.41, 5.74) is 4.13. The van der Waals surface area contributed by atoms with Gasteiger partial charge in [0.15, 0.2) is 0 Å². The highest BCUT2D eigenvalue weighted by molar-refractivity contribution is 7.98. The molecule has 0 amide bonds. The number of benzene rings is 2. The van der Waals surface area contributed by atoms with Crippen LogP contribution in [-0.2, 0) is 12.3 Å². The normalized spacial score (nSPS) is 11.0. The Balaban J connectivity index is 1.91.